The highest BCUT2D eigenvalue weighted by molar-refractivity contribution is 4.92. The molecule has 1 fully saturated rings. The van der Waals surface area contributed by atoms with E-state index in [0.717, 1.165) is 6.54 Å². The normalized spacial score (nSPS) is 31.8. The van der Waals surface area contributed by atoms with E-state index >= 15 is 0 Å². The summed E-state index contributed by atoms with van der Waals surface area (Å²) in [5.74, 6) is 0. The summed E-state index contributed by atoms with van der Waals surface area (Å²) in [5, 5.41) is 0. The van der Waals surface area contributed by atoms with Gasteiger partial charge in [-0.05, 0) is 47.0 Å². The number of hydrogen-bond donors (Lipinski definition) is 0. The Labute approximate surface area is 76.5 Å². The highest BCUT2D eigenvalue weighted by Crippen LogP contribution is 2.27. The van der Waals surface area contributed by atoms with E-state index in [9.17, 15) is 0 Å². The third-order valence-corrected chi connectivity index (χ3v) is 3.28. The van der Waals surface area contributed by atoms with Crippen molar-refractivity contribution in [3.63, 3.8) is 0 Å². The molecule has 0 spiro atoms. The fourth-order valence-corrected chi connectivity index (χ4v) is 2.05. The molecule has 0 saturated carbocycles. The van der Waals surface area contributed by atoms with Crippen LogP contribution in [0.4, 0.5) is 0 Å². The van der Waals surface area contributed by atoms with Gasteiger partial charge in [0.2, 0.25) is 0 Å². The first-order valence-corrected chi connectivity index (χ1v) is 4.98. The molecule has 0 aliphatic carbocycles. The van der Waals surface area contributed by atoms with Crippen molar-refractivity contribution in [2.24, 2.45) is 0 Å². The largest absolute Gasteiger partial charge is 0.305 e. The number of likely N-dealkylation sites (N-methyl/N-ethyl adjacent to an activating group) is 2. The van der Waals surface area contributed by atoms with Crippen molar-refractivity contribution in [3.05, 3.63) is 0 Å². The molecule has 0 aromatic heterocycles. The van der Waals surface area contributed by atoms with Gasteiger partial charge in [-0.2, -0.15) is 0 Å². The lowest BCUT2D eigenvalue weighted by molar-refractivity contribution is 0.137. The fourth-order valence-electron chi connectivity index (χ4n) is 2.05. The van der Waals surface area contributed by atoms with Crippen LogP contribution in [0.15, 0.2) is 0 Å². The summed E-state index contributed by atoms with van der Waals surface area (Å²) in [5.41, 5.74) is 0.435. The predicted molar refractivity (Wildman–Crippen MR) is 53.4 cm³/mol. The minimum absolute atomic E-state index is 0.435. The highest BCUT2D eigenvalue weighted by atomic mass is 15.2. The van der Waals surface area contributed by atoms with Crippen LogP contribution in [0.1, 0.15) is 26.7 Å². The van der Waals surface area contributed by atoms with Crippen LogP contribution >= 0.6 is 0 Å². The van der Waals surface area contributed by atoms with E-state index < -0.39 is 0 Å². The molecule has 1 aliphatic heterocycles. The molecule has 0 bridgehead atoms. The van der Waals surface area contributed by atoms with Gasteiger partial charge in [-0.3, -0.25) is 4.90 Å². The van der Waals surface area contributed by atoms with Crippen LogP contribution < -0.4 is 0 Å². The number of nitrogens with zero attached hydrogens (tertiary/aromatic N) is 2. The van der Waals surface area contributed by atoms with E-state index in [2.05, 4.69) is 37.7 Å². The van der Waals surface area contributed by atoms with Gasteiger partial charge in [0.1, 0.15) is 0 Å². The Kier molecular flexibility index (Phi) is 3.13. The first kappa shape index (κ1) is 10.0. The molecule has 0 unspecified atom stereocenters. The Balaban J connectivity index is 2.47. The molecule has 2 nitrogen and oxygen atoms in total. The van der Waals surface area contributed by atoms with Crippen molar-refractivity contribution in [1.82, 2.24) is 9.80 Å². The minimum Gasteiger partial charge on any atom is -0.305 e. The smallest absolute Gasteiger partial charge is 0.0305 e. The molecule has 1 aliphatic rings. The zero-order valence-corrected chi connectivity index (χ0v) is 8.93. The van der Waals surface area contributed by atoms with Crippen LogP contribution in [0.2, 0.25) is 0 Å². The molecule has 0 aromatic carbocycles. The summed E-state index contributed by atoms with van der Waals surface area (Å²) >= 11 is 0. The maximum Gasteiger partial charge on any atom is 0.0305 e. The van der Waals surface area contributed by atoms with Crippen molar-refractivity contribution in [2.45, 2.75) is 32.2 Å². The average Bonchev–Trinajstić information content (AvgIpc) is 2.32. The Morgan fingerprint density at radius 2 is 2.17 bits per heavy atom. The quantitative estimate of drug-likeness (QED) is 0.632. The van der Waals surface area contributed by atoms with Crippen molar-refractivity contribution in [3.8, 4) is 0 Å². The van der Waals surface area contributed by atoms with Gasteiger partial charge >= 0.3 is 0 Å². The topological polar surface area (TPSA) is 6.48 Å². The van der Waals surface area contributed by atoms with Crippen molar-refractivity contribution < 1.29 is 0 Å². The van der Waals surface area contributed by atoms with Gasteiger partial charge in [0.15, 0.2) is 0 Å². The molecule has 1 saturated heterocycles. The molecule has 12 heavy (non-hydrogen) atoms. The summed E-state index contributed by atoms with van der Waals surface area (Å²) in [6.45, 7) is 8.24. The summed E-state index contributed by atoms with van der Waals surface area (Å²) in [6.07, 6.45) is 2.72. The van der Waals surface area contributed by atoms with Crippen molar-refractivity contribution in [2.75, 3.05) is 33.7 Å². The third-order valence-electron chi connectivity index (χ3n) is 3.28. The molecule has 72 valence electrons. The summed E-state index contributed by atoms with van der Waals surface area (Å²) in [6, 6.07) is 0. The Morgan fingerprint density at radius 1 is 1.50 bits per heavy atom. The number of hydrogen-bond acceptors (Lipinski definition) is 2. The van der Waals surface area contributed by atoms with Gasteiger partial charge in [0.25, 0.3) is 0 Å². The zero-order chi connectivity index (χ0) is 9.19. The second kappa shape index (κ2) is 3.75. The van der Waals surface area contributed by atoms with Crippen molar-refractivity contribution >= 4 is 0 Å². The average molecular weight is 170 g/mol. The molecular weight excluding hydrogens is 148 g/mol. The molecule has 1 rings (SSSR count). The predicted octanol–water partition coefficient (Wildman–Crippen LogP) is 1.42. The second-order valence-electron chi connectivity index (χ2n) is 4.35. The zero-order valence-electron chi connectivity index (χ0n) is 8.93. The van der Waals surface area contributed by atoms with Crippen LogP contribution in [0.5, 0.6) is 0 Å². The first-order chi connectivity index (χ1) is 5.58. The highest BCUT2D eigenvalue weighted by Gasteiger charge is 2.34. The van der Waals surface area contributed by atoms with E-state index in [0.29, 0.717) is 5.54 Å². The van der Waals surface area contributed by atoms with Gasteiger partial charge < -0.3 is 4.90 Å². The molecule has 1 atom stereocenters. The molecule has 2 heteroatoms. The summed E-state index contributed by atoms with van der Waals surface area (Å²) in [7, 11) is 4.45. The standard InChI is InChI=1S/C10H22N2/c1-5-11(3)9-10(2)7-6-8-12(10)4/h5-9H2,1-4H3/t10-/m0/s1. The third kappa shape index (κ3) is 1.99. The molecule has 0 N–H and O–H groups in total. The van der Waals surface area contributed by atoms with Crippen LogP contribution in [0, 0.1) is 0 Å². The molecular formula is C10H22N2. The molecule has 0 aromatic rings. The Bertz CT molecular complexity index is 147. The van der Waals surface area contributed by atoms with E-state index in [-0.39, 0.29) is 0 Å². The monoisotopic (exact) mass is 170 g/mol. The second-order valence-corrected chi connectivity index (χ2v) is 4.35. The van der Waals surface area contributed by atoms with E-state index in [1.165, 1.54) is 25.9 Å². The fraction of sp³-hybridized carbons (Fsp3) is 1.00. The SMILES string of the molecule is CCN(C)C[C@]1(C)CCCN1C. The van der Waals surface area contributed by atoms with Crippen LogP contribution in [-0.2, 0) is 0 Å². The Morgan fingerprint density at radius 3 is 2.58 bits per heavy atom. The lowest BCUT2D eigenvalue weighted by Crippen LogP contribution is -2.47. The van der Waals surface area contributed by atoms with Gasteiger partial charge in [-0.1, -0.05) is 6.92 Å². The van der Waals surface area contributed by atoms with Crippen molar-refractivity contribution in [1.29, 1.82) is 0 Å². The lowest BCUT2D eigenvalue weighted by Gasteiger charge is -2.35. The van der Waals surface area contributed by atoms with Gasteiger partial charge in [-0.25, -0.2) is 0 Å². The first-order valence-electron chi connectivity index (χ1n) is 4.98. The number of rotatable bonds is 3. The summed E-state index contributed by atoms with van der Waals surface area (Å²) < 4.78 is 0. The minimum atomic E-state index is 0.435. The van der Waals surface area contributed by atoms with Crippen LogP contribution in [-0.4, -0.2) is 49.1 Å². The van der Waals surface area contributed by atoms with Gasteiger partial charge in [0.05, 0.1) is 0 Å². The van der Waals surface area contributed by atoms with E-state index in [4.69, 9.17) is 0 Å². The van der Waals surface area contributed by atoms with Gasteiger partial charge in [-0.15, -0.1) is 0 Å². The van der Waals surface area contributed by atoms with E-state index in [1.54, 1.807) is 0 Å². The molecule has 0 radical (unpaired) electrons. The summed E-state index contributed by atoms with van der Waals surface area (Å²) in [4.78, 5) is 4.90. The Hall–Kier alpha value is -0.0800. The van der Waals surface area contributed by atoms with Crippen LogP contribution in [0.3, 0.4) is 0 Å². The molecule has 1 heterocycles. The van der Waals surface area contributed by atoms with E-state index in [1.807, 2.05) is 0 Å². The maximum absolute atomic E-state index is 2.50. The van der Waals surface area contributed by atoms with Crippen LogP contribution in [0.25, 0.3) is 0 Å². The lowest BCUT2D eigenvalue weighted by atomic mass is 9.99. The maximum atomic E-state index is 2.50. The molecule has 0 amide bonds. The van der Waals surface area contributed by atoms with Gasteiger partial charge in [0, 0.05) is 12.1 Å². The number of likely N-dealkylation sites (tertiary alicyclic amines) is 1.